The third-order valence-electron chi connectivity index (χ3n) is 10.9. The van der Waals surface area contributed by atoms with Crippen LogP contribution in [0.5, 0.6) is 11.6 Å². The first-order valence-corrected chi connectivity index (χ1v) is 20.5. The smallest absolute Gasteiger partial charge is 0.407 e. The number of ether oxygens (including phenoxy) is 3. The van der Waals surface area contributed by atoms with Gasteiger partial charge in [0.25, 0.3) is 5.91 Å². The van der Waals surface area contributed by atoms with Gasteiger partial charge in [0.05, 0.1) is 32.1 Å². The SMILES string of the molecule is C=CC(=O)N1CCCC=C[C@@H]2C[C@@]2(C(=O)NS(=O)(=O)C2CC2)NC(=O)[C@@H]2C[C@@H]3CN2C(=O)[C@H](C1)NC(=O)OCCCC=Cc1cc2c(nccc2cc1OC)O3. The number of sulfonamides is 1. The Labute approximate surface area is 324 Å². The maximum atomic E-state index is 14.7. The Kier molecular flexibility index (Phi) is 11.1. The molecular weight excluding hydrogens is 745 g/mol. The number of alkyl carbamates (subject to hydrolysis) is 1. The van der Waals surface area contributed by atoms with Crippen molar-refractivity contribution >= 4 is 56.6 Å². The van der Waals surface area contributed by atoms with E-state index in [1.807, 2.05) is 36.4 Å². The molecule has 2 aliphatic carbocycles. The van der Waals surface area contributed by atoms with Gasteiger partial charge >= 0.3 is 6.09 Å². The van der Waals surface area contributed by atoms with Gasteiger partial charge in [-0.3, -0.25) is 23.9 Å². The number of pyridine rings is 1. The number of nitrogens with one attached hydrogen (secondary N) is 3. The molecule has 5 aliphatic rings. The summed E-state index contributed by atoms with van der Waals surface area (Å²) in [5.41, 5.74) is -0.824. The Morgan fingerprint density at radius 2 is 1.93 bits per heavy atom. The van der Waals surface area contributed by atoms with E-state index >= 15 is 0 Å². The zero-order valence-electron chi connectivity index (χ0n) is 31.1. The zero-order valence-corrected chi connectivity index (χ0v) is 31.9. The monoisotopic (exact) mass is 790 g/mol. The molecule has 2 aromatic rings. The lowest BCUT2D eigenvalue weighted by Gasteiger charge is -2.32. The number of hydrogen-bond donors (Lipinski definition) is 3. The van der Waals surface area contributed by atoms with Crippen LogP contribution in [0.25, 0.3) is 16.8 Å². The molecule has 3 N–H and O–H groups in total. The van der Waals surface area contributed by atoms with Crippen molar-refractivity contribution < 1.29 is 46.6 Å². The second-order valence-electron chi connectivity index (χ2n) is 14.8. The molecule has 0 unspecified atom stereocenters. The second-order valence-corrected chi connectivity index (χ2v) is 16.8. The largest absolute Gasteiger partial charge is 0.496 e. The lowest BCUT2D eigenvalue weighted by atomic mass is 10.1. The van der Waals surface area contributed by atoms with Crippen LogP contribution in [0.1, 0.15) is 56.9 Å². The Morgan fingerprint density at radius 1 is 1.12 bits per heavy atom. The van der Waals surface area contributed by atoms with E-state index in [1.54, 1.807) is 19.4 Å². The highest BCUT2D eigenvalue weighted by molar-refractivity contribution is 7.91. The first-order valence-electron chi connectivity index (χ1n) is 18.9. The summed E-state index contributed by atoms with van der Waals surface area (Å²) in [7, 11) is -2.37. The molecule has 298 valence electrons. The molecule has 4 heterocycles. The summed E-state index contributed by atoms with van der Waals surface area (Å²) >= 11 is 0. The highest BCUT2D eigenvalue weighted by Crippen LogP contribution is 2.46. The van der Waals surface area contributed by atoms with Crippen molar-refractivity contribution in [2.45, 2.75) is 80.3 Å². The predicted octanol–water partition coefficient (Wildman–Crippen LogP) is 2.34. The summed E-state index contributed by atoms with van der Waals surface area (Å²) in [6.45, 7) is 3.48. The number of hydrogen-bond acceptors (Lipinski definition) is 11. The molecular formula is C39H46N6O10S. The topological polar surface area (TPSA) is 203 Å². The Morgan fingerprint density at radius 3 is 2.70 bits per heavy atom. The highest BCUT2D eigenvalue weighted by atomic mass is 32.2. The molecule has 0 spiro atoms. The van der Waals surface area contributed by atoms with Gasteiger partial charge in [-0.25, -0.2) is 18.2 Å². The number of methoxy groups -OCH3 is 1. The van der Waals surface area contributed by atoms with Gasteiger partial charge in [0.2, 0.25) is 33.6 Å². The van der Waals surface area contributed by atoms with E-state index in [0.717, 1.165) is 17.0 Å². The van der Waals surface area contributed by atoms with Gasteiger partial charge in [-0.1, -0.05) is 30.9 Å². The number of amides is 5. The minimum absolute atomic E-state index is 0.0358. The van der Waals surface area contributed by atoms with Crippen LogP contribution in [-0.4, -0.2) is 115 Å². The number of allylic oxidation sites excluding steroid dienone is 2. The lowest BCUT2D eigenvalue weighted by Crippen LogP contribution is -2.60. The number of nitrogens with zero attached hydrogens (tertiary/aromatic N) is 3. The van der Waals surface area contributed by atoms with Crippen molar-refractivity contribution in [3.05, 3.63) is 60.8 Å². The molecule has 1 aromatic heterocycles. The summed E-state index contributed by atoms with van der Waals surface area (Å²) < 4.78 is 45.5. The van der Waals surface area contributed by atoms with E-state index in [1.165, 1.54) is 9.80 Å². The van der Waals surface area contributed by atoms with Crippen LogP contribution in [0.15, 0.2) is 55.3 Å². The van der Waals surface area contributed by atoms with Crippen molar-refractivity contribution in [1.29, 1.82) is 0 Å². The average molecular weight is 791 g/mol. The molecule has 7 rings (SSSR count). The van der Waals surface area contributed by atoms with E-state index in [0.29, 0.717) is 49.7 Å². The number of carbonyl (C=O) groups excluding carboxylic acids is 5. The van der Waals surface area contributed by atoms with Crippen LogP contribution in [0.2, 0.25) is 0 Å². The van der Waals surface area contributed by atoms with Crippen LogP contribution in [-0.2, 0) is 33.9 Å². The molecule has 56 heavy (non-hydrogen) atoms. The van der Waals surface area contributed by atoms with E-state index < -0.39 is 74.6 Å². The number of carbonyl (C=O) groups is 5. The average Bonchev–Trinajstić information content (AvgIpc) is 4.10. The molecule has 5 atom stereocenters. The van der Waals surface area contributed by atoms with Gasteiger partial charge in [-0.05, 0) is 74.6 Å². The van der Waals surface area contributed by atoms with Crippen LogP contribution in [0.4, 0.5) is 4.79 Å². The first kappa shape index (κ1) is 38.8. The van der Waals surface area contributed by atoms with Gasteiger partial charge < -0.3 is 34.6 Å². The normalized spacial score (nSPS) is 27.3. The van der Waals surface area contributed by atoms with E-state index in [9.17, 15) is 32.4 Å². The minimum Gasteiger partial charge on any atom is -0.496 e. The molecule has 3 fully saturated rings. The number of fused-ring (bicyclic) bond motifs is 4. The number of benzene rings is 1. The number of rotatable bonds is 5. The van der Waals surface area contributed by atoms with Crippen molar-refractivity contribution in [3.63, 3.8) is 0 Å². The van der Waals surface area contributed by atoms with Crippen LogP contribution in [0.3, 0.4) is 0 Å². The maximum absolute atomic E-state index is 14.7. The van der Waals surface area contributed by atoms with Crippen molar-refractivity contribution in [1.82, 2.24) is 30.1 Å². The predicted molar refractivity (Wildman–Crippen MR) is 204 cm³/mol. The quantitative estimate of drug-likeness (QED) is 0.297. The van der Waals surface area contributed by atoms with Crippen LogP contribution in [0, 0.1) is 5.92 Å². The number of aromatic nitrogens is 1. The number of cyclic esters (lactones) is 1. The molecule has 17 heteroatoms. The molecule has 5 bridgehead atoms. The molecule has 0 radical (unpaired) electrons. The van der Waals surface area contributed by atoms with Gasteiger partial charge in [0.15, 0.2) is 0 Å². The lowest BCUT2D eigenvalue weighted by molar-refractivity contribution is -0.142. The fourth-order valence-corrected chi connectivity index (χ4v) is 8.90. The molecule has 5 amide bonds. The third-order valence-corrected chi connectivity index (χ3v) is 12.7. The molecule has 16 nitrogen and oxygen atoms in total. The third kappa shape index (κ3) is 8.22. The van der Waals surface area contributed by atoms with Crippen molar-refractivity contribution in [3.8, 4) is 11.6 Å². The Hall–Kier alpha value is -5.45. The molecule has 2 saturated carbocycles. The van der Waals surface area contributed by atoms with Gasteiger partial charge in [0, 0.05) is 36.0 Å². The second kappa shape index (κ2) is 16.0. The highest BCUT2D eigenvalue weighted by Gasteiger charge is 2.62. The summed E-state index contributed by atoms with van der Waals surface area (Å²) in [5.74, 6) is -2.34. The summed E-state index contributed by atoms with van der Waals surface area (Å²) in [6, 6.07) is 2.98. The van der Waals surface area contributed by atoms with Crippen LogP contribution < -0.4 is 24.8 Å². The van der Waals surface area contributed by atoms with E-state index in [2.05, 4.69) is 26.9 Å². The maximum Gasteiger partial charge on any atom is 0.407 e. The van der Waals surface area contributed by atoms with Gasteiger partial charge in [-0.15, -0.1) is 0 Å². The minimum atomic E-state index is -3.94. The summed E-state index contributed by atoms with van der Waals surface area (Å²) in [5, 5.41) is 6.25. The van der Waals surface area contributed by atoms with E-state index in [4.69, 9.17) is 14.2 Å². The van der Waals surface area contributed by atoms with Crippen molar-refractivity contribution in [2.75, 3.05) is 33.4 Å². The Bertz CT molecular complexity index is 2100. The molecule has 3 aliphatic heterocycles. The Balaban J connectivity index is 1.28. The molecule has 1 saturated heterocycles. The summed E-state index contributed by atoms with van der Waals surface area (Å²) in [6.07, 6.45) is 11.4. The van der Waals surface area contributed by atoms with Crippen molar-refractivity contribution in [2.24, 2.45) is 5.92 Å². The first-order chi connectivity index (χ1) is 26.9. The van der Waals surface area contributed by atoms with Gasteiger partial charge in [0.1, 0.15) is 29.5 Å². The standard InChI is InChI=1S/C39H46N6O10S/c1-3-33(46)44-16-8-4-7-11-26-21-39(26,37(49)43-56(51,52)28-12-13-28)42-34(47)31-20-27-22-45(31)36(48)30(23-44)41-38(50)54-17-9-5-6-10-25-18-29-24(19-32(25)53-2)14-15-40-35(29)55-27/h3,6-7,10-11,14-15,18-19,26-28,30-31H,1,4-5,8-9,12-13,16-17,20-23H2,2H3,(H,41,50)(H,42,47)(H,43,49)/t26-,27-,30+,31+,39-/m1/s1. The fraction of sp³-hybridized carbons (Fsp3) is 0.487. The molecule has 1 aromatic carbocycles. The van der Waals surface area contributed by atoms with Gasteiger partial charge in [-0.2, -0.15) is 0 Å². The zero-order chi connectivity index (χ0) is 39.6. The fourth-order valence-electron chi connectivity index (χ4n) is 7.54. The van der Waals surface area contributed by atoms with E-state index in [-0.39, 0.29) is 45.0 Å². The van der Waals surface area contributed by atoms with Crippen LogP contribution >= 0.6 is 0 Å². The summed E-state index contributed by atoms with van der Waals surface area (Å²) in [4.78, 5) is 76.4.